The van der Waals surface area contributed by atoms with Crippen LogP contribution in [0.4, 0.5) is 5.69 Å². The third-order valence-corrected chi connectivity index (χ3v) is 3.90. The summed E-state index contributed by atoms with van der Waals surface area (Å²) in [5, 5.41) is 6.38. The third-order valence-electron chi connectivity index (χ3n) is 3.90. The molecule has 3 nitrogen and oxygen atoms in total. The maximum absolute atomic E-state index is 12.0. The van der Waals surface area contributed by atoms with Gasteiger partial charge in [0.2, 0.25) is 5.91 Å². The lowest BCUT2D eigenvalue weighted by molar-refractivity contribution is -0.117. The molecule has 1 aliphatic carbocycles. The van der Waals surface area contributed by atoms with Gasteiger partial charge in [0.25, 0.3) is 0 Å². The summed E-state index contributed by atoms with van der Waals surface area (Å²) in [7, 11) is 0. The van der Waals surface area contributed by atoms with E-state index in [1.807, 2.05) is 0 Å². The molecular formula is C14H18N2O. The van der Waals surface area contributed by atoms with Crippen LogP contribution in [0.25, 0.3) is 0 Å². The fourth-order valence-electron chi connectivity index (χ4n) is 2.39. The van der Waals surface area contributed by atoms with Crippen molar-refractivity contribution in [3.05, 3.63) is 28.8 Å². The third kappa shape index (κ3) is 1.84. The summed E-state index contributed by atoms with van der Waals surface area (Å²) >= 11 is 0. The van der Waals surface area contributed by atoms with Gasteiger partial charge in [-0.05, 0) is 50.3 Å². The van der Waals surface area contributed by atoms with Gasteiger partial charge >= 0.3 is 0 Å². The van der Waals surface area contributed by atoms with Crippen molar-refractivity contribution in [1.29, 1.82) is 0 Å². The first-order valence-electron chi connectivity index (χ1n) is 6.31. The lowest BCUT2D eigenvalue weighted by Gasteiger charge is -2.11. The SMILES string of the molecule is Cc1ccc2c(c1C)NC(=O)C2NCC1CC1. The quantitative estimate of drug-likeness (QED) is 0.836. The van der Waals surface area contributed by atoms with E-state index in [4.69, 9.17) is 0 Å². The first-order valence-corrected chi connectivity index (χ1v) is 6.31. The molecule has 0 spiro atoms. The number of aryl methyl sites for hydroxylation is 1. The fourth-order valence-corrected chi connectivity index (χ4v) is 2.39. The van der Waals surface area contributed by atoms with E-state index in [2.05, 4.69) is 36.6 Å². The Morgan fingerprint density at radius 3 is 2.82 bits per heavy atom. The molecule has 1 aromatic rings. The highest BCUT2D eigenvalue weighted by Gasteiger charge is 2.33. The minimum Gasteiger partial charge on any atom is -0.324 e. The van der Waals surface area contributed by atoms with Crippen molar-refractivity contribution < 1.29 is 4.79 Å². The standard InChI is InChI=1S/C14H18N2O/c1-8-3-6-11-12(9(8)2)16-14(17)13(11)15-7-10-4-5-10/h3,6,10,13,15H,4-5,7H2,1-2H3,(H,16,17). The smallest absolute Gasteiger partial charge is 0.246 e. The number of carbonyl (C=O) groups excluding carboxylic acids is 1. The van der Waals surface area contributed by atoms with Gasteiger partial charge in [-0.2, -0.15) is 0 Å². The Hall–Kier alpha value is -1.35. The Kier molecular flexibility index (Phi) is 2.44. The molecule has 3 rings (SSSR count). The molecule has 3 heteroatoms. The predicted octanol–water partition coefficient (Wildman–Crippen LogP) is 2.30. The van der Waals surface area contributed by atoms with Gasteiger partial charge in [-0.25, -0.2) is 0 Å². The van der Waals surface area contributed by atoms with E-state index in [9.17, 15) is 4.79 Å². The number of anilines is 1. The maximum atomic E-state index is 12.0. The van der Waals surface area contributed by atoms with Gasteiger partial charge in [-0.15, -0.1) is 0 Å². The van der Waals surface area contributed by atoms with Crippen LogP contribution in [-0.2, 0) is 4.79 Å². The molecule has 0 aromatic heterocycles. The normalized spacial score (nSPS) is 22.5. The zero-order valence-corrected chi connectivity index (χ0v) is 10.3. The second-order valence-corrected chi connectivity index (χ2v) is 5.25. The summed E-state index contributed by atoms with van der Waals surface area (Å²) in [4.78, 5) is 12.0. The number of nitrogens with one attached hydrogen (secondary N) is 2. The predicted molar refractivity (Wildman–Crippen MR) is 68.0 cm³/mol. The Morgan fingerprint density at radius 2 is 2.12 bits per heavy atom. The van der Waals surface area contributed by atoms with Crippen LogP contribution < -0.4 is 10.6 Å². The number of fused-ring (bicyclic) bond motifs is 1. The molecule has 2 N–H and O–H groups in total. The first kappa shape index (κ1) is 10.8. The van der Waals surface area contributed by atoms with Crippen LogP contribution >= 0.6 is 0 Å². The van der Waals surface area contributed by atoms with Crippen LogP contribution in [0.15, 0.2) is 12.1 Å². The topological polar surface area (TPSA) is 41.1 Å². The largest absolute Gasteiger partial charge is 0.324 e. The molecule has 1 heterocycles. The molecule has 90 valence electrons. The number of benzene rings is 1. The molecule has 2 aliphatic rings. The van der Waals surface area contributed by atoms with Gasteiger partial charge in [0.05, 0.1) is 0 Å². The molecule has 1 unspecified atom stereocenters. The molecule has 1 fully saturated rings. The average Bonchev–Trinajstić information content (AvgIpc) is 3.06. The second-order valence-electron chi connectivity index (χ2n) is 5.25. The molecule has 1 aromatic carbocycles. The minimum atomic E-state index is -0.148. The van der Waals surface area contributed by atoms with Crippen LogP contribution in [0.3, 0.4) is 0 Å². The van der Waals surface area contributed by atoms with Gasteiger partial charge in [0.1, 0.15) is 6.04 Å². The molecule has 0 bridgehead atoms. The van der Waals surface area contributed by atoms with Gasteiger partial charge in [0, 0.05) is 11.3 Å². The van der Waals surface area contributed by atoms with Crippen molar-refractivity contribution >= 4 is 11.6 Å². The Balaban J connectivity index is 1.87. The molecule has 1 amide bonds. The summed E-state index contributed by atoms with van der Waals surface area (Å²) in [6, 6.07) is 4.02. The monoisotopic (exact) mass is 230 g/mol. The highest BCUT2D eigenvalue weighted by atomic mass is 16.2. The number of hydrogen-bond donors (Lipinski definition) is 2. The van der Waals surface area contributed by atoms with E-state index in [0.717, 1.165) is 23.7 Å². The van der Waals surface area contributed by atoms with Crippen molar-refractivity contribution in [2.75, 3.05) is 11.9 Å². The van der Waals surface area contributed by atoms with Gasteiger partial charge in [0.15, 0.2) is 0 Å². The van der Waals surface area contributed by atoms with Crippen LogP contribution in [0, 0.1) is 19.8 Å². The van der Waals surface area contributed by atoms with E-state index in [0.29, 0.717) is 0 Å². The van der Waals surface area contributed by atoms with Crippen molar-refractivity contribution in [3.63, 3.8) is 0 Å². The number of carbonyl (C=O) groups is 1. The lowest BCUT2D eigenvalue weighted by Crippen LogP contribution is -2.29. The maximum Gasteiger partial charge on any atom is 0.246 e. The van der Waals surface area contributed by atoms with Crippen molar-refractivity contribution in [2.45, 2.75) is 32.7 Å². The minimum absolute atomic E-state index is 0.0920. The zero-order valence-electron chi connectivity index (χ0n) is 10.3. The number of amides is 1. The molecule has 17 heavy (non-hydrogen) atoms. The first-order chi connectivity index (χ1) is 8.16. The summed E-state index contributed by atoms with van der Waals surface area (Å²) in [6.45, 7) is 5.11. The van der Waals surface area contributed by atoms with E-state index in [1.165, 1.54) is 24.0 Å². The van der Waals surface area contributed by atoms with Crippen molar-refractivity contribution in [2.24, 2.45) is 5.92 Å². The average molecular weight is 230 g/mol. The molecule has 1 saturated carbocycles. The molecule has 0 radical (unpaired) electrons. The molecular weight excluding hydrogens is 212 g/mol. The number of rotatable bonds is 3. The summed E-state index contributed by atoms with van der Waals surface area (Å²) in [6.07, 6.45) is 2.61. The Bertz CT molecular complexity index is 477. The Labute approximate surface area is 102 Å². The second kappa shape index (κ2) is 3.84. The summed E-state index contributed by atoms with van der Waals surface area (Å²) < 4.78 is 0. The van der Waals surface area contributed by atoms with Gasteiger partial charge in [-0.3, -0.25) is 4.79 Å². The molecule has 0 saturated heterocycles. The van der Waals surface area contributed by atoms with E-state index < -0.39 is 0 Å². The van der Waals surface area contributed by atoms with E-state index in [1.54, 1.807) is 0 Å². The van der Waals surface area contributed by atoms with Crippen LogP contribution in [0.1, 0.15) is 35.6 Å². The Morgan fingerprint density at radius 1 is 1.35 bits per heavy atom. The lowest BCUT2D eigenvalue weighted by atomic mass is 10.0. The molecule has 1 aliphatic heterocycles. The summed E-state index contributed by atoms with van der Waals surface area (Å²) in [5.74, 6) is 0.882. The van der Waals surface area contributed by atoms with Gasteiger partial charge in [-0.1, -0.05) is 12.1 Å². The van der Waals surface area contributed by atoms with Crippen LogP contribution in [-0.4, -0.2) is 12.5 Å². The fraction of sp³-hybridized carbons (Fsp3) is 0.500. The van der Waals surface area contributed by atoms with Crippen LogP contribution in [0.5, 0.6) is 0 Å². The number of hydrogen-bond acceptors (Lipinski definition) is 2. The highest BCUT2D eigenvalue weighted by Crippen LogP contribution is 2.36. The van der Waals surface area contributed by atoms with Crippen molar-refractivity contribution in [3.8, 4) is 0 Å². The van der Waals surface area contributed by atoms with Crippen molar-refractivity contribution in [1.82, 2.24) is 5.32 Å². The van der Waals surface area contributed by atoms with E-state index in [-0.39, 0.29) is 11.9 Å². The zero-order chi connectivity index (χ0) is 12.0. The van der Waals surface area contributed by atoms with Gasteiger partial charge < -0.3 is 10.6 Å². The van der Waals surface area contributed by atoms with E-state index >= 15 is 0 Å². The van der Waals surface area contributed by atoms with Crippen LogP contribution in [0.2, 0.25) is 0 Å². The molecule has 1 atom stereocenters. The summed E-state index contributed by atoms with van der Waals surface area (Å²) in [5.41, 5.74) is 4.54. The highest BCUT2D eigenvalue weighted by molar-refractivity contribution is 6.03.